The summed E-state index contributed by atoms with van der Waals surface area (Å²) in [5.41, 5.74) is 7.50. The van der Waals surface area contributed by atoms with Crippen LogP contribution in [0.2, 0.25) is 0 Å². The number of rotatable bonds is 11. The molecular formula is C19H32N4O2. The van der Waals surface area contributed by atoms with Crippen molar-refractivity contribution < 1.29 is 9.53 Å². The Labute approximate surface area is 151 Å². The molecule has 0 fully saturated rings. The molecule has 0 spiro atoms. The number of nitrogens with zero attached hydrogens (tertiary/aromatic N) is 1. The number of guanidine groups is 1. The Morgan fingerprint density at radius 2 is 1.92 bits per heavy atom. The van der Waals surface area contributed by atoms with Crippen molar-refractivity contribution in [2.75, 3.05) is 19.0 Å². The van der Waals surface area contributed by atoms with Crippen LogP contribution in [0.3, 0.4) is 0 Å². The Morgan fingerprint density at radius 1 is 1.20 bits per heavy atom. The van der Waals surface area contributed by atoms with E-state index in [2.05, 4.69) is 22.5 Å². The van der Waals surface area contributed by atoms with E-state index >= 15 is 0 Å². The molecule has 4 N–H and O–H groups in total. The minimum absolute atomic E-state index is 0.140. The van der Waals surface area contributed by atoms with Crippen LogP contribution in [0.4, 0.5) is 5.69 Å². The van der Waals surface area contributed by atoms with Crippen LogP contribution in [0.1, 0.15) is 57.9 Å². The molecule has 1 aromatic rings. The first-order valence-electron chi connectivity index (χ1n) is 9.05. The maximum Gasteiger partial charge on any atom is 0.221 e. The number of carbonyl (C=O) groups excluding carboxylic acids is 1. The van der Waals surface area contributed by atoms with Gasteiger partial charge in [0.25, 0.3) is 0 Å². The second-order valence-corrected chi connectivity index (χ2v) is 6.11. The highest BCUT2D eigenvalue weighted by Crippen LogP contribution is 2.25. The van der Waals surface area contributed by atoms with E-state index in [0.29, 0.717) is 23.9 Å². The van der Waals surface area contributed by atoms with Crippen molar-refractivity contribution in [2.45, 2.75) is 58.9 Å². The number of nitrogens with two attached hydrogens (primary N) is 1. The van der Waals surface area contributed by atoms with E-state index in [1.165, 1.54) is 39.0 Å². The molecule has 0 atom stereocenters. The molecule has 1 rings (SSSR count). The highest BCUT2D eigenvalue weighted by atomic mass is 16.5. The van der Waals surface area contributed by atoms with Gasteiger partial charge in [-0.25, -0.2) is 4.99 Å². The molecule has 0 bridgehead atoms. The number of hydrogen-bond acceptors (Lipinski definition) is 3. The lowest BCUT2D eigenvalue weighted by Gasteiger charge is -2.10. The normalized spacial score (nSPS) is 11.2. The molecule has 1 aromatic carbocycles. The number of aliphatic imine (C=N–C) groups is 1. The van der Waals surface area contributed by atoms with E-state index in [9.17, 15) is 4.79 Å². The number of hydrogen-bond donors (Lipinski definition) is 3. The number of amides is 1. The zero-order valence-electron chi connectivity index (χ0n) is 15.7. The Hall–Kier alpha value is -2.24. The van der Waals surface area contributed by atoms with Crippen molar-refractivity contribution in [1.29, 1.82) is 0 Å². The van der Waals surface area contributed by atoms with E-state index in [1.54, 1.807) is 7.11 Å². The Balaban J connectivity index is 2.42. The minimum Gasteiger partial charge on any atom is -0.495 e. The molecule has 0 aliphatic rings. The van der Waals surface area contributed by atoms with Crippen molar-refractivity contribution in [2.24, 2.45) is 10.7 Å². The molecule has 6 nitrogen and oxygen atoms in total. The van der Waals surface area contributed by atoms with Gasteiger partial charge in [0, 0.05) is 13.5 Å². The van der Waals surface area contributed by atoms with Gasteiger partial charge in [0.05, 0.1) is 19.3 Å². The summed E-state index contributed by atoms with van der Waals surface area (Å²) < 4.78 is 5.24. The van der Waals surface area contributed by atoms with E-state index in [4.69, 9.17) is 10.5 Å². The summed E-state index contributed by atoms with van der Waals surface area (Å²) in [7, 11) is 1.57. The third kappa shape index (κ3) is 8.98. The van der Waals surface area contributed by atoms with E-state index < -0.39 is 0 Å². The number of methoxy groups -OCH3 is 1. The fraction of sp³-hybridized carbons (Fsp3) is 0.579. The molecular weight excluding hydrogens is 316 g/mol. The summed E-state index contributed by atoms with van der Waals surface area (Å²) in [5.74, 6) is 0.932. The van der Waals surface area contributed by atoms with Crippen LogP contribution in [-0.4, -0.2) is 25.5 Å². The SMILES string of the molecule is CCCCCCCCNC(N)=NCc1ccc(OC)c(NC(C)=O)c1. The average Bonchev–Trinajstić information content (AvgIpc) is 2.59. The zero-order valence-corrected chi connectivity index (χ0v) is 15.7. The van der Waals surface area contributed by atoms with Gasteiger partial charge in [0.1, 0.15) is 5.75 Å². The maximum absolute atomic E-state index is 11.3. The number of ether oxygens (including phenoxy) is 1. The molecule has 0 saturated carbocycles. The molecule has 6 heteroatoms. The first-order chi connectivity index (χ1) is 12.1. The molecule has 0 saturated heterocycles. The van der Waals surface area contributed by atoms with Gasteiger partial charge >= 0.3 is 0 Å². The fourth-order valence-corrected chi connectivity index (χ4v) is 2.49. The predicted octanol–water partition coefficient (Wildman–Crippen LogP) is 3.42. The number of nitrogens with one attached hydrogen (secondary N) is 2. The summed E-state index contributed by atoms with van der Waals surface area (Å²) in [6.07, 6.45) is 7.51. The average molecular weight is 348 g/mol. The lowest BCUT2D eigenvalue weighted by Crippen LogP contribution is -2.32. The smallest absolute Gasteiger partial charge is 0.221 e. The monoisotopic (exact) mass is 348 g/mol. The van der Waals surface area contributed by atoms with Crippen LogP contribution < -0.4 is 21.1 Å². The highest BCUT2D eigenvalue weighted by molar-refractivity contribution is 5.90. The molecule has 0 aliphatic carbocycles. The van der Waals surface area contributed by atoms with Crippen LogP contribution in [0.25, 0.3) is 0 Å². The Morgan fingerprint density at radius 3 is 2.60 bits per heavy atom. The zero-order chi connectivity index (χ0) is 18.5. The number of carbonyl (C=O) groups is 1. The molecule has 25 heavy (non-hydrogen) atoms. The van der Waals surface area contributed by atoms with E-state index in [1.807, 2.05) is 18.2 Å². The number of anilines is 1. The minimum atomic E-state index is -0.140. The van der Waals surface area contributed by atoms with Crippen molar-refractivity contribution in [3.8, 4) is 5.75 Å². The molecule has 0 unspecified atom stereocenters. The molecule has 0 aliphatic heterocycles. The standard InChI is InChI=1S/C19H32N4O2/c1-4-5-6-7-8-9-12-21-19(20)22-14-16-10-11-18(25-3)17(13-16)23-15(2)24/h10-11,13H,4-9,12,14H2,1-3H3,(H,23,24)(H3,20,21,22). The molecule has 0 aromatic heterocycles. The van der Waals surface area contributed by atoms with Gasteiger partial charge in [-0.3, -0.25) is 4.79 Å². The lowest BCUT2D eigenvalue weighted by atomic mass is 10.1. The summed E-state index contributed by atoms with van der Waals surface area (Å²) in [4.78, 5) is 15.6. The molecule has 140 valence electrons. The second kappa shape index (κ2) is 12.2. The van der Waals surface area contributed by atoms with Crippen molar-refractivity contribution in [1.82, 2.24) is 5.32 Å². The molecule has 0 radical (unpaired) electrons. The summed E-state index contributed by atoms with van der Waals surface area (Å²) in [6.45, 7) is 4.99. The van der Waals surface area contributed by atoms with Gasteiger partial charge in [-0.15, -0.1) is 0 Å². The van der Waals surface area contributed by atoms with Gasteiger partial charge in [0.2, 0.25) is 5.91 Å². The molecule has 1 amide bonds. The van der Waals surface area contributed by atoms with E-state index in [0.717, 1.165) is 18.5 Å². The molecule has 0 heterocycles. The first-order valence-corrected chi connectivity index (χ1v) is 9.05. The quantitative estimate of drug-likeness (QED) is 0.325. The van der Waals surface area contributed by atoms with Crippen LogP contribution in [0.5, 0.6) is 5.75 Å². The van der Waals surface area contributed by atoms with Crippen molar-refractivity contribution in [3.63, 3.8) is 0 Å². The first kappa shape index (κ1) is 20.8. The van der Waals surface area contributed by atoms with Gasteiger partial charge in [0.15, 0.2) is 5.96 Å². The largest absolute Gasteiger partial charge is 0.495 e. The van der Waals surface area contributed by atoms with Crippen LogP contribution in [0, 0.1) is 0 Å². The van der Waals surface area contributed by atoms with Gasteiger partial charge in [-0.1, -0.05) is 45.1 Å². The van der Waals surface area contributed by atoms with Gasteiger partial charge in [-0.05, 0) is 24.1 Å². The number of unbranched alkanes of at least 4 members (excludes halogenated alkanes) is 5. The van der Waals surface area contributed by atoms with Crippen LogP contribution in [-0.2, 0) is 11.3 Å². The lowest BCUT2D eigenvalue weighted by molar-refractivity contribution is -0.114. The topological polar surface area (TPSA) is 88.7 Å². The van der Waals surface area contributed by atoms with Gasteiger partial charge in [-0.2, -0.15) is 0 Å². The summed E-state index contributed by atoms with van der Waals surface area (Å²) in [5, 5.41) is 5.90. The summed E-state index contributed by atoms with van der Waals surface area (Å²) >= 11 is 0. The number of benzene rings is 1. The fourth-order valence-electron chi connectivity index (χ4n) is 2.49. The Bertz CT molecular complexity index is 558. The van der Waals surface area contributed by atoms with Crippen LogP contribution >= 0.6 is 0 Å². The predicted molar refractivity (Wildman–Crippen MR) is 104 cm³/mol. The van der Waals surface area contributed by atoms with E-state index in [-0.39, 0.29) is 5.91 Å². The van der Waals surface area contributed by atoms with Crippen molar-refractivity contribution >= 4 is 17.6 Å². The maximum atomic E-state index is 11.3. The highest BCUT2D eigenvalue weighted by Gasteiger charge is 2.06. The second-order valence-electron chi connectivity index (χ2n) is 6.11. The Kier molecular flexibility index (Phi) is 10.1. The third-order valence-corrected chi connectivity index (χ3v) is 3.84. The van der Waals surface area contributed by atoms with Gasteiger partial charge < -0.3 is 21.1 Å². The third-order valence-electron chi connectivity index (χ3n) is 3.84. The van der Waals surface area contributed by atoms with Crippen molar-refractivity contribution in [3.05, 3.63) is 23.8 Å². The van der Waals surface area contributed by atoms with Crippen LogP contribution in [0.15, 0.2) is 23.2 Å². The summed E-state index contributed by atoms with van der Waals surface area (Å²) in [6, 6.07) is 5.58.